The molecule has 0 radical (unpaired) electrons. The van der Waals surface area contributed by atoms with Gasteiger partial charge in [-0.25, -0.2) is 8.42 Å². The molecule has 8 heteroatoms. The second kappa shape index (κ2) is 6.27. The van der Waals surface area contributed by atoms with E-state index in [9.17, 15) is 8.42 Å². The number of hydrogen-bond acceptors (Lipinski definition) is 6. The lowest BCUT2D eigenvalue weighted by atomic mass is 10.0. The van der Waals surface area contributed by atoms with Crippen LogP contribution >= 0.6 is 11.3 Å². The molecule has 3 aromatic rings. The van der Waals surface area contributed by atoms with E-state index in [0.29, 0.717) is 30.3 Å². The van der Waals surface area contributed by atoms with Crippen molar-refractivity contribution >= 4 is 27.0 Å². The summed E-state index contributed by atoms with van der Waals surface area (Å²) in [6.45, 7) is 2.42. The summed E-state index contributed by atoms with van der Waals surface area (Å²) in [4.78, 5) is 0. The predicted molar refractivity (Wildman–Crippen MR) is 96.3 cm³/mol. The highest BCUT2D eigenvalue weighted by Crippen LogP contribution is 2.35. The molecule has 2 aromatic heterocycles. The maximum absolute atomic E-state index is 13.1. The Morgan fingerprint density at radius 2 is 2.12 bits per heavy atom. The number of benzene rings is 1. The van der Waals surface area contributed by atoms with Crippen molar-refractivity contribution in [2.45, 2.75) is 30.4 Å². The van der Waals surface area contributed by atoms with Crippen LogP contribution in [0.2, 0.25) is 0 Å². The van der Waals surface area contributed by atoms with Gasteiger partial charge in [0.1, 0.15) is 4.21 Å². The normalized spacial score (nSPS) is 14.5. The number of aryl methyl sites for hydroxylation is 2. The van der Waals surface area contributed by atoms with Gasteiger partial charge in [-0.3, -0.25) is 4.31 Å². The largest absolute Gasteiger partial charge is 0.421 e. The average Bonchev–Trinajstić information content (AvgIpc) is 3.30. The van der Waals surface area contributed by atoms with Crippen LogP contribution in [0, 0.1) is 0 Å². The lowest BCUT2D eigenvalue weighted by Gasteiger charge is -2.29. The molecule has 6 nitrogen and oxygen atoms in total. The molecule has 0 N–H and O–H groups in total. The summed E-state index contributed by atoms with van der Waals surface area (Å²) in [5, 5.41) is 9.66. The Kier molecular flexibility index (Phi) is 4.09. The number of sulfonamides is 1. The maximum Gasteiger partial charge on any atom is 0.273 e. The van der Waals surface area contributed by atoms with Gasteiger partial charge in [0.05, 0.1) is 11.3 Å². The third-order valence-electron chi connectivity index (χ3n) is 4.20. The third kappa shape index (κ3) is 2.85. The molecule has 1 aliphatic rings. The lowest BCUT2D eigenvalue weighted by Crippen LogP contribution is -2.35. The molecule has 0 amide bonds. The molecule has 0 aliphatic carbocycles. The van der Waals surface area contributed by atoms with E-state index < -0.39 is 10.0 Å². The highest BCUT2D eigenvalue weighted by Gasteiger charge is 2.30. The molecule has 4 rings (SSSR count). The number of anilines is 1. The Hall–Kier alpha value is -2.19. The molecule has 0 fully saturated rings. The van der Waals surface area contributed by atoms with Gasteiger partial charge in [0.25, 0.3) is 10.0 Å². The van der Waals surface area contributed by atoms with Crippen molar-refractivity contribution in [2.75, 3.05) is 10.8 Å². The van der Waals surface area contributed by atoms with E-state index in [1.165, 1.54) is 15.6 Å². The summed E-state index contributed by atoms with van der Waals surface area (Å²) in [5.74, 6) is 0.893. The standard InChI is InChI=1S/C17H17N3O3S2/c1-2-15-18-19-17(23-15)13-10-16(24-11-13)25(21,22)20-9-5-7-12-6-3-4-8-14(12)20/h3-4,6,8,10-11H,2,5,7,9H2,1H3. The molecule has 0 bridgehead atoms. The van der Waals surface area contributed by atoms with E-state index >= 15 is 0 Å². The van der Waals surface area contributed by atoms with Gasteiger partial charge in [-0.05, 0) is 30.5 Å². The van der Waals surface area contributed by atoms with Crippen molar-refractivity contribution in [3.8, 4) is 11.5 Å². The number of aromatic nitrogens is 2. The third-order valence-corrected chi connectivity index (χ3v) is 7.43. The van der Waals surface area contributed by atoms with Crippen LogP contribution in [-0.4, -0.2) is 25.2 Å². The van der Waals surface area contributed by atoms with Gasteiger partial charge in [0.15, 0.2) is 0 Å². The summed E-state index contributed by atoms with van der Waals surface area (Å²) < 4.78 is 33.6. The fourth-order valence-corrected chi connectivity index (χ4v) is 5.74. The average molecular weight is 375 g/mol. The van der Waals surface area contributed by atoms with Crippen molar-refractivity contribution in [3.05, 3.63) is 47.2 Å². The van der Waals surface area contributed by atoms with Gasteiger partial charge >= 0.3 is 0 Å². The molecular weight excluding hydrogens is 358 g/mol. The minimum atomic E-state index is -3.60. The monoisotopic (exact) mass is 375 g/mol. The van der Waals surface area contributed by atoms with Gasteiger partial charge in [0, 0.05) is 18.3 Å². The topological polar surface area (TPSA) is 76.3 Å². The van der Waals surface area contributed by atoms with E-state index in [1.54, 1.807) is 11.4 Å². The van der Waals surface area contributed by atoms with Crippen LogP contribution in [0.25, 0.3) is 11.5 Å². The van der Waals surface area contributed by atoms with Crippen molar-refractivity contribution < 1.29 is 12.8 Å². The number of fused-ring (bicyclic) bond motifs is 1. The van der Waals surface area contributed by atoms with E-state index in [2.05, 4.69) is 10.2 Å². The fourth-order valence-electron chi connectivity index (χ4n) is 2.93. The number of thiophene rings is 1. The van der Waals surface area contributed by atoms with Crippen molar-refractivity contribution in [2.24, 2.45) is 0 Å². The molecule has 0 saturated carbocycles. The zero-order valence-electron chi connectivity index (χ0n) is 13.7. The fraction of sp³-hybridized carbons (Fsp3) is 0.294. The minimum absolute atomic E-state index is 0.287. The molecule has 1 aromatic carbocycles. The molecule has 25 heavy (non-hydrogen) atoms. The molecule has 130 valence electrons. The summed E-state index contributed by atoms with van der Waals surface area (Å²) >= 11 is 1.18. The Balaban J connectivity index is 1.70. The van der Waals surface area contributed by atoms with Gasteiger partial charge in [0.2, 0.25) is 11.8 Å². The zero-order valence-corrected chi connectivity index (χ0v) is 15.3. The number of nitrogens with zero attached hydrogens (tertiary/aromatic N) is 3. The number of rotatable bonds is 4. The predicted octanol–water partition coefficient (Wildman–Crippen LogP) is 3.50. The molecule has 0 saturated heterocycles. The molecule has 0 unspecified atom stereocenters. The van der Waals surface area contributed by atoms with E-state index in [4.69, 9.17) is 4.42 Å². The van der Waals surface area contributed by atoms with Crippen LogP contribution in [0.4, 0.5) is 5.69 Å². The first kappa shape index (κ1) is 16.3. The Morgan fingerprint density at radius 1 is 1.28 bits per heavy atom. The second-order valence-corrected chi connectivity index (χ2v) is 8.82. The number of para-hydroxylation sites is 1. The zero-order chi connectivity index (χ0) is 17.4. The maximum atomic E-state index is 13.1. The van der Waals surface area contributed by atoms with Gasteiger partial charge in [-0.1, -0.05) is 25.1 Å². The minimum Gasteiger partial charge on any atom is -0.421 e. The molecule has 0 atom stereocenters. The molecular formula is C17H17N3O3S2. The van der Waals surface area contributed by atoms with Crippen LogP contribution in [-0.2, 0) is 22.9 Å². The summed E-state index contributed by atoms with van der Waals surface area (Å²) in [6, 6.07) is 9.29. The van der Waals surface area contributed by atoms with Crippen molar-refractivity contribution in [1.29, 1.82) is 0 Å². The Labute approximate surface area is 150 Å². The van der Waals surface area contributed by atoms with Crippen molar-refractivity contribution in [3.63, 3.8) is 0 Å². The first-order valence-electron chi connectivity index (χ1n) is 8.11. The van der Waals surface area contributed by atoms with Gasteiger partial charge < -0.3 is 4.42 Å². The summed E-state index contributed by atoms with van der Waals surface area (Å²) in [5.41, 5.74) is 2.48. The van der Waals surface area contributed by atoms with E-state index in [-0.39, 0.29) is 4.21 Å². The molecule has 1 aliphatic heterocycles. The van der Waals surface area contributed by atoms with Gasteiger partial charge in [-0.2, -0.15) is 0 Å². The first-order chi connectivity index (χ1) is 12.1. The van der Waals surface area contributed by atoms with Gasteiger partial charge in [-0.15, -0.1) is 21.5 Å². The van der Waals surface area contributed by atoms with Crippen molar-refractivity contribution in [1.82, 2.24) is 10.2 Å². The molecule has 0 spiro atoms. The second-order valence-electron chi connectivity index (χ2n) is 5.82. The highest BCUT2D eigenvalue weighted by atomic mass is 32.2. The Bertz CT molecular complexity index is 1010. The SMILES string of the molecule is CCc1nnc(-c2csc(S(=O)(=O)N3CCCc4ccccc43)c2)o1. The Morgan fingerprint density at radius 3 is 2.92 bits per heavy atom. The van der Waals surface area contributed by atoms with Crippen LogP contribution in [0.5, 0.6) is 0 Å². The van der Waals surface area contributed by atoms with E-state index in [1.807, 2.05) is 31.2 Å². The first-order valence-corrected chi connectivity index (χ1v) is 10.4. The number of hydrogen-bond donors (Lipinski definition) is 0. The van der Waals surface area contributed by atoms with E-state index in [0.717, 1.165) is 24.1 Å². The van der Waals surface area contributed by atoms with Crippen LogP contribution in [0.1, 0.15) is 24.8 Å². The molecule has 3 heterocycles. The summed E-state index contributed by atoms with van der Waals surface area (Å²) in [7, 11) is -3.60. The lowest BCUT2D eigenvalue weighted by molar-refractivity contribution is 0.513. The highest BCUT2D eigenvalue weighted by molar-refractivity contribution is 7.94. The van der Waals surface area contributed by atoms with Crippen LogP contribution < -0.4 is 4.31 Å². The smallest absolute Gasteiger partial charge is 0.273 e. The summed E-state index contributed by atoms with van der Waals surface area (Å²) in [6.07, 6.45) is 2.37. The van der Waals surface area contributed by atoms with Crippen LogP contribution in [0.3, 0.4) is 0 Å². The quantitative estimate of drug-likeness (QED) is 0.697. The van der Waals surface area contributed by atoms with Crippen LogP contribution in [0.15, 0.2) is 44.3 Å².